The number of aromatic nitrogens is 2. The topological polar surface area (TPSA) is 67.5 Å². The maximum atomic E-state index is 12.9. The molecule has 2 heterocycles. The molecule has 1 fully saturated rings. The van der Waals surface area contributed by atoms with Crippen molar-refractivity contribution in [2.75, 3.05) is 13.1 Å². The SMILES string of the molecule is CCN1C(=O)C(=Cc2c(C)n(CC)c(=S)n(CC)c2=O)C(=O)N(CC)C1=S. The summed E-state index contributed by atoms with van der Waals surface area (Å²) in [7, 11) is 0. The number of rotatable bonds is 5. The first kappa shape index (κ1) is 21.2. The first-order valence-electron chi connectivity index (χ1n) is 8.98. The number of thiocarbonyl (C=S) groups is 1. The fourth-order valence-corrected chi connectivity index (χ4v) is 4.07. The van der Waals surface area contributed by atoms with Gasteiger partial charge in [-0.25, -0.2) is 0 Å². The van der Waals surface area contributed by atoms with Gasteiger partial charge in [-0.15, -0.1) is 0 Å². The minimum absolute atomic E-state index is 0.0603. The molecule has 9 heteroatoms. The summed E-state index contributed by atoms with van der Waals surface area (Å²) in [5.41, 5.74) is 0.556. The molecule has 0 unspecified atom stereocenters. The lowest BCUT2D eigenvalue weighted by Gasteiger charge is -2.35. The second-order valence-electron chi connectivity index (χ2n) is 6.01. The van der Waals surface area contributed by atoms with Crippen LogP contribution in [0.2, 0.25) is 0 Å². The second kappa shape index (κ2) is 8.26. The Labute approximate surface area is 168 Å². The highest BCUT2D eigenvalue weighted by molar-refractivity contribution is 7.80. The first-order chi connectivity index (χ1) is 12.7. The molecule has 1 aromatic heterocycles. The highest BCUT2D eigenvalue weighted by atomic mass is 32.1. The van der Waals surface area contributed by atoms with Crippen LogP contribution in [0.1, 0.15) is 39.0 Å². The summed E-state index contributed by atoms with van der Waals surface area (Å²) in [5, 5.41) is 0.194. The van der Waals surface area contributed by atoms with E-state index in [4.69, 9.17) is 24.4 Å². The minimum Gasteiger partial charge on any atom is -0.322 e. The summed E-state index contributed by atoms with van der Waals surface area (Å²) in [6.07, 6.45) is 1.39. The van der Waals surface area contributed by atoms with Crippen molar-refractivity contribution in [2.24, 2.45) is 0 Å². The molecule has 7 nitrogen and oxygen atoms in total. The van der Waals surface area contributed by atoms with Gasteiger partial charge in [-0.3, -0.25) is 28.8 Å². The molecule has 1 aliphatic rings. The fourth-order valence-electron chi connectivity index (χ4n) is 3.17. The van der Waals surface area contributed by atoms with Crippen LogP contribution in [0.15, 0.2) is 10.4 Å². The molecule has 0 bridgehead atoms. The Balaban J connectivity index is 2.79. The van der Waals surface area contributed by atoms with E-state index in [-0.39, 0.29) is 16.2 Å². The zero-order valence-electron chi connectivity index (χ0n) is 16.2. The molecule has 0 saturated carbocycles. The molecule has 0 aromatic carbocycles. The number of carbonyl (C=O) groups excluding carboxylic acids is 2. The molecular formula is C18H24N4O3S2. The van der Waals surface area contributed by atoms with Crippen LogP contribution in [0.5, 0.6) is 0 Å². The molecule has 0 N–H and O–H groups in total. The van der Waals surface area contributed by atoms with E-state index in [1.165, 1.54) is 20.4 Å². The van der Waals surface area contributed by atoms with E-state index in [2.05, 4.69) is 0 Å². The quantitative estimate of drug-likeness (QED) is 0.424. The summed E-state index contributed by atoms with van der Waals surface area (Å²) >= 11 is 10.7. The number of hydrogen-bond acceptors (Lipinski definition) is 5. The van der Waals surface area contributed by atoms with E-state index in [0.717, 1.165) is 0 Å². The van der Waals surface area contributed by atoms with Crippen molar-refractivity contribution >= 4 is 47.4 Å². The predicted molar refractivity (Wildman–Crippen MR) is 111 cm³/mol. The maximum absolute atomic E-state index is 12.9. The molecule has 2 amide bonds. The number of amides is 2. The van der Waals surface area contributed by atoms with Gasteiger partial charge < -0.3 is 4.57 Å². The number of nitrogens with zero attached hydrogens (tertiary/aromatic N) is 4. The zero-order chi connectivity index (χ0) is 20.5. The van der Waals surface area contributed by atoms with Crippen LogP contribution in [0.4, 0.5) is 0 Å². The third-order valence-electron chi connectivity index (χ3n) is 4.70. The lowest BCUT2D eigenvalue weighted by Crippen LogP contribution is -2.55. The average molecular weight is 409 g/mol. The van der Waals surface area contributed by atoms with Crippen LogP contribution >= 0.6 is 24.4 Å². The molecule has 0 spiro atoms. The first-order valence-corrected chi connectivity index (χ1v) is 9.80. The van der Waals surface area contributed by atoms with Gasteiger partial charge in [0, 0.05) is 31.9 Å². The summed E-state index contributed by atoms with van der Waals surface area (Å²) < 4.78 is 3.72. The van der Waals surface area contributed by atoms with Crippen molar-refractivity contribution in [3.8, 4) is 0 Å². The van der Waals surface area contributed by atoms with E-state index >= 15 is 0 Å². The average Bonchev–Trinajstić information content (AvgIpc) is 2.62. The molecule has 146 valence electrons. The molecule has 2 rings (SSSR count). The van der Waals surface area contributed by atoms with Crippen molar-refractivity contribution in [1.29, 1.82) is 0 Å². The largest absolute Gasteiger partial charge is 0.322 e. The van der Waals surface area contributed by atoms with Gasteiger partial charge in [-0.05, 0) is 65.1 Å². The molecule has 1 aliphatic heterocycles. The standard InChI is InChI=1S/C18H24N4O3S2/c1-6-19-11(5)12(14(23)20(7-2)17(19)26)10-13-15(24)21(8-3)18(27)22(9-4)16(13)25/h10H,6-9H2,1-5H3. The molecule has 1 saturated heterocycles. The van der Waals surface area contributed by atoms with Crippen molar-refractivity contribution in [3.63, 3.8) is 0 Å². The molecule has 1 aromatic rings. The third-order valence-corrected chi connectivity index (χ3v) is 5.58. The molecule has 0 atom stereocenters. The minimum atomic E-state index is -0.482. The third kappa shape index (κ3) is 3.41. The Kier molecular flexibility index (Phi) is 6.48. The molecule has 27 heavy (non-hydrogen) atoms. The van der Waals surface area contributed by atoms with E-state index in [0.29, 0.717) is 42.2 Å². The Morgan fingerprint density at radius 2 is 1.30 bits per heavy atom. The molecule has 0 radical (unpaired) electrons. The van der Waals surface area contributed by atoms with Crippen LogP contribution in [0.3, 0.4) is 0 Å². The highest BCUT2D eigenvalue weighted by Gasteiger charge is 2.38. The smallest absolute Gasteiger partial charge is 0.265 e. The summed E-state index contributed by atoms with van der Waals surface area (Å²) in [6, 6.07) is 0. The van der Waals surface area contributed by atoms with E-state index in [1.54, 1.807) is 20.8 Å². The lowest BCUT2D eigenvalue weighted by molar-refractivity contribution is -0.133. The van der Waals surface area contributed by atoms with Crippen LogP contribution < -0.4 is 5.56 Å². The second-order valence-corrected chi connectivity index (χ2v) is 6.75. The molecular weight excluding hydrogens is 384 g/mol. The monoisotopic (exact) mass is 408 g/mol. The van der Waals surface area contributed by atoms with Crippen LogP contribution in [0.25, 0.3) is 6.08 Å². The van der Waals surface area contributed by atoms with Gasteiger partial charge in [-0.1, -0.05) is 0 Å². The van der Waals surface area contributed by atoms with E-state index < -0.39 is 11.8 Å². The van der Waals surface area contributed by atoms with Crippen molar-refractivity contribution in [3.05, 3.63) is 32.0 Å². The Hall–Kier alpha value is -2.13. The Morgan fingerprint density at radius 3 is 1.70 bits per heavy atom. The Bertz CT molecular complexity index is 931. The Morgan fingerprint density at radius 1 is 0.815 bits per heavy atom. The summed E-state index contributed by atoms with van der Waals surface area (Å²) in [6.45, 7) is 10.8. The van der Waals surface area contributed by atoms with Crippen LogP contribution in [-0.2, 0) is 22.7 Å². The lowest BCUT2D eigenvalue weighted by atomic mass is 10.1. The van der Waals surface area contributed by atoms with Crippen molar-refractivity contribution in [1.82, 2.24) is 18.9 Å². The van der Waals surface area contributed by atoms with Gasteiger partial charge >= 0.3 is 0 Å². The van der Waals surface area contributed by atoms with Gasteiger partial charge in [-0.2, -0.15) is 0 Å². The van der Waals surface area contributed by atoms with Crippen LogP contribution in [0, 0.1) is 11.7 Å². The zero-order valence-corrected chi connectivity index (χ0v) is 17.9. The van der Waals surface area contributed by atoms with E-state index in [1.807, 2.05) is 18.4 Å². The number of hydrogen-bond donors (Lipinski definition) is 0. The maximum Gasteiger partial charge on any atom is 0.265 e. The van der Waals surface area contributed by atoms with Gasteiger partial charge in [0.2, 0.25) is 0 Å². The fraction of sp³-hybridized carbons (Fsp3) is 0.500. The van der Waals surface area contributed by atoms with Gasteiger partial charge in [0.15, 0.2) is 9.88 Å². The van der Waals surface area contributed by atoms with Crippen LogP contribution in [-0.4, -0.2) is 49.0 Å². The summed E-state index contributed by atoms with van der Waals surface area (Å²) in [4.78, 5) is 41.3. The van der Waals surface area contributed by atoms with E-state index in [9.17, 15) is 14.4 Å². The summed E-state index contributed by atoms with van der Waals surface area (Å²) in [5.74, 6) is -0.964. The van der Waals surface area contributed by atoms with Gasteiger partial charge in [0.05, 0.1) is 5.56 Å². The predicted octanol–water partition coefficient (Wildman–Crippen LogP) is 2.11. The van der Waals surface area contributed by atoms with Crippen molar-refractivity contribution in [2.45, 2.75) is 47.7 Å². The highest BCUT2D eigenvalue weighted by Crippen LogP contribution is 2.20. The normalized spacial score (nSPS) is 15.0. The van der Waals surface area contributed by atoms with Gasteiger partial charge in [0.25, 0.3) is 17.4 Å². The van der Waals surface area contributed by atoms with Crippen molar-refractivity contribution < 1.29 is 9.59 Å². The van der Waals surface area contributed by atoms with Gasteiger partial charge in [0.1, 0.15) is 5.57 Å². The molecule has 0 aliphatic carbocycles. The number of likely N-dealkylation sites (N-methyl/N-ethyl adjacent to an activating group) is 2. The number of carbonyl (C=O) groups is 2.